The number of unbranched alkanes of at least 4 members (excludes halogenated alkanes) is 2. The summed E-state index contributed by atoms with van der Waals surface area (Å²) in [4.78, 5) is 0. The first kappa shape index (κ1) is 14.9. The highest BCUT2D eigenvalue weighted by molar-refractivity contribution is 4.81. The van der Waals surface area contributed by atoms with E-state index in [1.54, 1.807) is 0 Å². The second-order valence-electron chi connectivity index (χ2n) is 4.91. The summed E-state index contributed by atoms with van der Waals surface area (Å²) in [5.41, 5.74) is 0. The first-order valence-electron chi connectivity index (χ1n) is 7.12. The molecular formula is C14H28O3. The van der Waals surface area contributed by atoms with Gasteiger partial charge in [-0.1, -0.05) is 26.7 Å². The largest absolute Gasteiger partial charge is 0.379 e. The Bertz CT molecular complexity index is 184. The van der Waals surface area contributed by atoms with E-state index in [0.717, 1.165) is 32.5 Å². The van der Waals surface area contributed by atoms with Crippen LogP contribution in [0.3, 0.4) is 0 Å². The van der Waals surface area contributed by atoms with E-state index >= 15 is 0 Å². The van der Waals surface area contributed by atoms with Gasteiger partial charge in [0, 0.05) is 19.6 Å². The van der Waals surface area contributed by atoms with Crippen LogP contribution in [0, 0.1) is 0 Å². The molecule has 1 aliphatic heterocycles. The molecule has 3 heteroatoms. The van der Waals surface area contributed by atoms with Crippen molar-refractivity contribution in [2.75, 3.05) is 19.8 Å². The standard InChI is InChI=1S/C14H28O3/c1-4-6-8-15-11-14-13(10-12(3)17-14)16-9-7-5-2/h12-14H,4-11H2,1-3H3/t12?,13-,14+/m0/s1. The molecule has 17 heavy (non-hydrogen) atoms. The van der Waals surface area contributed by atoms with Crippen LogP contribution in [0.1, 0.15) is 52.9 Å². The Labute approximate surface area is 106 Å². The summed E-state index contributed by atoms with van der Waals surface area (Å²) in [7, 11) is 0. The highest BCUT2D eigenvalue weighted by Crippen LogP contribution is 2.23. The van der Waals surface area contributed by atoms with Gasteiger partial charge in [-0.05, 0) is 19.8 Å². The van der Waals surface area contributed by atoms with E-state index in [9.17, 15) is 0 Å². The van der Waals surface area contributed by atoms with Crippen molar-refractivity contribution in [1.29, 1.82) is 0 Å². The first-order chi connectivity index (χ1) is 8.27. The van der Waals surface area contributed by atoms with Crippen LogP contribution >= 0.6 is 0 Å². The third kappa shape index (κ3) is 5.84. The lowest BCUT2D eigenvalue weighted by Crippen LogP contribution is -2.29. The van der Waals surface area contributed by atoms with Crippen molar-refractivity contribution in [1.82, 2.24) is 0 Å². The second-order valence-corrected chi connectivity index (χ2v) is 4.91. The number of ether oxygens (including phenoxy) is 3. The molecule has 0 bridgehead atoms. The van der Waals surface area contributed by atoms with E-state index in [4.69, 9.17) is 14.2 Å². The Morgan fingerprint density at radius 1 is 1.12 bits per heavy atom. The molecule has 0 radical (unpaired) electrons. The molecule has 1 unspecified atom stereocenters. The van der Waals surface area contributed by atoms with Gasteiger partial charge in [-0.25, -0.2) is 0 Å². The third-order valence-corrected chi connectivity index (χ3v) is 3.14. The maximum Gasteiger partial charge on any atom is 0.107 e. The van der Waals surface area contributed by atoms with Crippen molar-refractivity contribution < 1.29 is 14.2 Å². The van der Waals surface area contributed by atoms with Gasteiger partial charge < -0.3 is 14.2 Å². The molecule has 0 aromatic carbocycles. The Kier molecular flexibility index (Phi) is 7.82. The van der Waals surface area contributed by atoms with Crippen LogP contribution in [0.15, 0.2) is 0 Å². The molecule has 0 N–H and O–H groups in total. The van der Waals surface area contributed by atoms with Crippen LogP contribution in [-0.2, 0) is 14.2 Å². The fourth-order valence-electron chi connectivity index (χ4n) is 2.07. The molecule has 0 aromatic heterocycles. The number of rotatable bonds is 9. The SMILES string of the molecule is CCCCOC[C@H]1OC(C)C[C@@H]1OCCCC. The molecule has 1 heterocycles. The van der Waals surface area contributed by atoms with Crippen LogP contribution in [0.2, 0.25) is 0 Å². The van der Waals surface area contributed by atoms with Crippen LogP contribution in [0.4, 0.5) is 0 Å². The summed E-state index contributed by atoms with van der Waals surface area (Å²) in [6, 6.07) is 0. The summed E-state index contributed by atoms with van der Waals surface area (Å²) >= 11 is 0. The summed E-state index contributed by atoms with van der Waals surface area (Å²) in [6.07, 6.45) is 6.31. The van der Waals surface area contributed by atoms with Crippen molar-refractivity contribution in [2.24, 2.45) is 0 Å². The third-order valence-electron chi connectivity index (χ3n) is 3.14. The van der Waals surface area contributed by atoms with Gasteiger partial charge in [0.1, 0.15) is 6.10 Å². The van der Waals surface area contributed by atoms with Gasteiger partial charge in [-0.3, -0.25) is 0 Å². The van der Waals surface area contributed by atoms with Crippen molar-refractivity contribution in [3.63, 3.8) is 0 Å². The molecule has 3 atom stereocenters. The zero-order valence-electron chi connectivity index (χ0n) is 11.6. The van der Waals surface area contributed by atoms with Crippen LogP contribution < -0.4 is 0 Å². The molecule has 1 rings (SSSR count). The molecule has 1 aliphatic rings. The minimum Gasteiger partial charge on any atom is -0.379 e. The Balaban J connectivity index is 2.19. The normalized spacial score (nSPS) is 28.8. The van der Waals surface area contributed by atoms with Gasteiger partial charge in [0.05, 0.1) is 18.8 Å². The van der Waals surface area contributed by atoms with E-state index < -0.39 is 0 Å². The van der Waals surface area contributed by atoms with Crippen LogP contribution in [0.25, 0.3) is 0 Å². The van der Waals surface area contributed by atoms with Gasteiger partial charge in [0.2, 0.25) is 0 Å². The van der Waals surface area contributed by atoms with E-state index in [2.05, 4.69) is 20.8 Å². The molecular weight excluding hydrogens is 216 g/mol. The van der Waals surface area contributed by atoms with E-state index in [1.807, 2.05) is 0 Å². The van der Waals surface area contributed by atoms with Crippen molar-refractivity contribution in [3.05, 3.63) is 0 Å². The number of hydrogen-bond donors (Lipinski definition) is 0. The average Bonchev–Trinajstić information content (AvgIpc) is 2.66. The fourth-order valence-corrected chi connectivity index (χ4v) is 2.07. The smallest absolute Gasteiger partial charge is 0.107 e. The topological polar surface area (TPSA) is 27.7 Å². The average molecular weight is 244 g/mol. The van der Waals surface area contributed by atoms with E-state index in [0.29, 0.717) is 12.7 Å². The summed E-state index contributed by atoms with van der Waals surface area (Å²) < 4.78 is 17.4. The van der Waals surface area contributed by atoms with Gasteiger partial charge in [-0.15, -0.1) is 0 Å². The first-order valence-corrected chi connectivity index (χ1v) is 7.12. The maximum atomic E-state index is 5.88. The molecule has 0 saturated carbocycles. The Hall–Kier alpha value is -0.120. The summed E-state index contributed by atoms with van der Waals surface area (Å²) in [5, 5.41) is 0. The van der Waals surface area contributed by atoms with Gasteiger partial charge >= 0.3 is 0 Å². The maximum absolute atomic E-state index is 5.88. The second kappa shape index (κ2) is 8.90. The van der Waals surface area contributed by atoms with E-state index in [-0.39, 0.29) is 12.2 Å². The van der Waals surface area contributed by atoms with Gasteiger partial charge in [0.25, 0.3) is 0 Å². The lowest BCUT2D eigenvalue weighted by molar-refractivity contribution is -0.0621. The minimum absolute atomic E-state index is 0.138. The van der Waals surface area contributed by atoms with Crippen LogP contribution in [0.5, 0.6) is 0 Å². The van der Waals surface area contributed by atoms with Crippen molar-refractivity contribution in [2.45, 2.75) is 71.2 Å². The molecule has 1 saturated heterocycles. The van der Waals surface area contributed by atoms with Crippen LogP contribution in [-0.4, -0.2) is 38.1 Å². The summed E-state index contributed by atoms with van der Waals surface area (Å²) in [5.74, 6) is 0. The highest BCUT2D eigenvalue weighted by atomic mass is 16.6. The zero-order chi connectivity index (χ0) is 12.5. The Morgan fingerprint density at radius 3 is 2.53 bits per heavy atom. The highest BCUT2D eigenvalue weighted by Gasteiger charge is 2.33. The molecule has 102 valence electrons. The molecule has 0 aliphatic carbocycles. The Morgan fingerprint density at radius 2 is 1.82 bits per heavy atom. The van der Waals surface area contributed by atoms with Crippen molar-refractivity contribution >= 4 is 0 Å². The van der Waals surface area contributed by atoms with Crippen molar-refractivity contribution in [3.8, 4) is 0 Å². The molecule has 0 aromatic rings. The van der Waals surface area contributed by atoms with Gasteiger partial charge in [-0.2, -0.15) is 0 Å². The number of hydrogen-bond acceptors (Lipinski definition) is 3. The van der Waals surface area contributed by atoms with E-state index in [1.165, 1.54) is 12.8 Å². The molecule has 1 fully saturated rings. The lowest BCUT2D eigenvalue weighted by Gasteiger charge is -2.19. The van der Waals surface area contributed by atoms with Gasteiger partial charge in [0.15, 0.2) is 0 Å². The fraction of sp³-hybridized carbons (Fsp3) is 1.00. The molecule has 3 nitrogen and oxygen atoms in total. The molecule has 0 spiro atoms. The predicted molar refractivity (Wildman–Crippen MR) is 69.3 cm³/mol. The molecule has 0 amide bonds. The monoisotopic (exact) mass is 244 g/mol. The summed E-state index contributed by atoms with van der Waals surface area (Å²) in [6.45, 7) is 8.84. The quantitative estimate of drug-likeness (QED) is 0.583. The predicted octanol–water partition coefficient (Wildman–Crippen LogP) is 3.17. The zero-order valence-corrected chi connectivity index (χ0v) is 11.6. The minimum atomic E-state index is 0.138. The lowest BCUT2D eigenvalue weighted by atomic mass is 10.1.